The molecule has 3 heterocycles. The number of carbonyl (C=O) groups excluding carboxylic acids is 1. The standard InChI is InChI=1S/C28H31N7O/c1-21-9-11-24(12-10-21)35-26(23-7-4-3-5-8-23)19-25(32-35)27(36)31-22(2)20-33-15-17-34(18-16-33)28-29-13-6-14-30-28/h3-14,19,22H,15-18,20H2,1-2H3,(H,31,36). The lowest BCUT2D eigenvalue weighted by Gasteiger charge is -2.35. The maximum absolute atomic E-state index is 13.2. The molecule has 1 amide bonds. The molecule has 2 aromatic heterocycles. The number of piperazine rings is 1. The van der Waals surface area contributed by atoms with Gasteiger partial charge in [-0.05, 0) is 38.1 Å². The summed E-state index contributed by atoms with van der Waals surface area (Å²) in [6.07, 6.45) is 3.55. The van der Waals surface area contributed by atoms with Crippen LogP contribution in [0.2, 0.25) is 0 Å². The molecule has 0 aliphatic carbocycles. The molecular formula is C28H31N7O. The van der Waals surface area contributed by atoms with Gasteiger partial charge in [0.2, 0.25) is 5.95 Å². The average Bonchev–Trinajstić information content (AvgIpc) is 3.36. The molecule has 0 spiro atoms. The topological polar surface area (TPSA) is 79.2 Å². The van der Waals surface area contributed by atoms with E-state index in [4.69, 9.17) is 5.10 Å². The molecule has 1 N–H and O–H groups in total. The first kappa shape index (κ1) is 23.7. The number of nitrogens with one attached hydrogen (secondary N) is 1. The van der Waals surface area contributed by atoms with Crippen molar-refractivity contribution in [3.8, 4) is 16.9 Å². The fraction of sp³-hybridized carbons (Fsp3) is 0.286. The van der Waals surface area contributed by atoms with Crippen molar-refractivity contribution in [2.45, 2.75) is 19.9 Å². The summed E-state index contributed by atoms with van der Waals surface area (Å²) >= 11 is 0. The molecule has 0 radical (unpaired) electrons. The summed E-state index contributed by atoms with van der Waals surface area (Å²) in [6, 6.07) is 21.9. The van der Waals surface area contributed by atoms with Crippen molar-refractivity contribution >= 4 is 11.9 Å². The van der Waals surface area contributed by atoms with E-state index in [2.05, 4.69) is 44.1 Å². The molecule has 1 fully saturated rings. The van der Waals surface area contributed by atoms with Crippen LogP contribution in [0.4, 0.5) is 5.95 Å². The van der Waals surface area contributed by atoms with Gasteiger partial charge in [-0.2, -0.15) is 5.10 Å². The third kappa shape index (κ3) is 5.44. The van der Waals surface area contributed by atoms with Crippen LogP contribution < -0.4 is 10.2 Å². The lowest BCUT2D eigenvalue weighted by molar-refractivity contribution is 0.0922. The Hall–Kier alpha value is -4.04. The smallest absolute Gasteiger partial charge is 0.272 e. The largest absolute Gasteiger partial charge is 0.347 e. The molecule has 184 valence electrons. The third-order valence-corrected chi connectivity index (χ3v) is 6.41. The van der Waals surface area contributed by atoms with E-state index < -0.39 is 0 Å². The van der Waals surface area contributed by atoms with E-state index in [1.165, 1.54) is 5.56 Å². The van der Waals surface area contributed by atoms with Crippen LogP contribution in [0.5, 0.6) is 0 Å². The second-order valence-electron chi connectivity index (χ2n) is 9.24. The van der Waals surface area contributed by atoms with Crippen LogP contribution in [0.25, 0.3) is 16.9 Å². The van der Waals surface area contributed by atoms with E-state index in [0.717, 1.165) is 55.6 Å². The van der Waals surface area contributed by atoms with Crippen molar-refractivity contribution in [3.05, 3.63) is 90.4 Å². The number of hydrogen-bond donors (Lipinski definition) is 1. The normalized spacial score (nSPS) is 15.0. The Morgan fingerprint density at radius 1 is 0.944 bits per heavy atom. The minimum absolute atomic E-state index is 0.0123. The molecule has 5 rings (SSSR count). The molecule has 2 aromatic carbocycles. The zero-order valence-corrected chi connectivity index (χ0v) is 20.7. The van der Waals surface area contributed by atoms with Crippen molar-refractivity contribution in [1.29, 1.82) is 0 Å². The number of hydrogen-bond acceptors (Lipinski definition) is 6. The van der Waals surface area contributed by atoms with Crippen LogP contribution in [-0.2, 0) is 0 Å². The van der Waals surface area contributed by atoms with E-state index in [1.54, 1.807) is 12.4 Å². The Morgan fingerprint density at radius 3 is 2.33 bits per heavy atom. The van der Waals surface area contributed by atoms with Crippen molar-refractivity contribution in [2.24, 2.45) is 0 Å². The zero-order valence-electron chi connectivity index (χ0n) is 20.7. The van der Waals surface area contributed by atoms with E-state index >= 15 is 0 Å². The van der Waals surface area contributed by atoms with Crippen molar-refractivity contribution in [3.63, 3.8) is 0 Å². The number of benzene rings is 2. The highest BCUT2D eigenvalue weighted by atomic mass is 16.2. The first-order chi connectivity index (χ1) is 17.6. The summed E-state index contributed by atoms with van der Waals surface area (Å²) < 4.78 is 1.85. The molecular weight excluding hydrogens is 450 g/mol. The molecule has 0 bridgehead atoms. The zero-order chi connectivity index (χ0) is 24.9. The van der Waals surface area contributed by atoms with Gasteiger partial charge in [-0.25, -0.2) is 14.6 Å². The number of anilines is 1. The van der Waals surface area contributed by atoms with E-state index in [0.29, 0.717) is 5.69 Å². The number of amides is 1. The first-order valence-corrected chi connectivity index (χ1v) is 12.3. The van der Waals surface area contributed by atoms with Gasteiger partial charge in [-0.1, -0.05) is 48.0 Å². The lowest BCUT2D eigenvalue weighted by atomic mass is 10.1. The second kappa shape index (κ2) is 10.7. The number of aromatic nitrogens is 4. The minimum Gasteiger partial charge on any atom is -0.347 e. The predicted molar refractivity (Wildman–Crippen MR) is 141 cm³/mol. The van der Waals surface area contributed by atoms with Gasteiger partial charge in [0.05, 0.1) is 11.4 Å². The second-order valence-corrected chi connectivity index (χ2v) is 9.24. The van der Waals surface area contributed by atoms with Crippen LogP contribution in [-0.4, -0.2) is 69.3 Å². The van der Waals surface area contributed by atoms with Gasteiger partial charge < -0.3 is 10.2 Å². The van der Waals surface area contributed by atoms with Crippen LogP contribution >= 0.6 is 0 Å². The van der Waals surface area contributed by atoms with E-state index in [1.807, 2.05) is 66.2 Å². The summed E-state index contributed by atoms with van der Waals surface area (Å²) in [7, 11) is 0. The quantitative estimate of drug-likeness (QED) is 0.435. The molecule has 1 aliphatic heterocycles. The Labute approximate surface area is 211 Å². The van der Waals surface area contributed by atoms with E-state index in [-0.39, 0.29) is 11.9 Å². The SMILES string of the molecule is Cc1ccc(-n2nc(C(=O)NC(C)CN3CCN(c4ncccn4)CC3)cc2-c2ccccc2)cc1. The van der Waals surface area contributed by atoms with Crippen molar-refractivity contribution < 1.29 is 4.79 Å². The monoisotopic (exact) mass is 481 g/mol. The van der Waals surface area contributed by atoms with Crippen LogP contribution in [0, 0.1) is 6.92 Å². The Balaban J connectivity index is 1.25. The van der Waals surface area contributed by atoms with Crippen LogP contribution in [0.1, 0.15) is 23.0 Å². The van der Waals surface area contributed by atoms with Gasteiger partial charge in [0.1, 0.15) is 0 Å². The van der Waals surface area contributed by atoms with Crippen molar-refractivity contribution in [1.82, 2.24) is 30.0 Å². The number of aryl methyl sites for hydroxylation is 1. The van der Waals surface area contributed by atoms with Crippen molar-refractivity contribution in [2.75, 3.05) is 37.6 Å². The van der Waals surface area contributed by atoms with Gasteiger partial charge in [-0.3, -0.25) is 9.69 Å². The highest BCUT2D eigenvalue weighted by molar-refractivity contribution is 5.93. The summed E-state index contributed by atoms with van der Waals surface area (Å²) in [4.78, 5) is 26.4. The van der Waals surface area contributed by atoms with Gasteiger partial charge in [0, 0.05) is 56.7 Å². The van der Waals surface area contributed by atoms with Crippen LogP contribution in [0.15, 0.2) is 79.1 Å². The Bertz CT molecular complexity index is 1280. The fourth-order valence-electron chi connectivity index (χ4n) is 4.51. The number of rotatable bonds is 7. The third-order valence-electron chi connectivity index (χ3n) is 6.41. The minimum atomic E-state index is -0.165. The molecule has 8 heteroatoms. The molecule has 1 saturated heterocycles. The molecule has 1 aliphatic rings. The summed E-state index contributed by atoms with van der Waals surface area (Å²) in [5.74, 6) is 0.610. The maximum atomic E-state index is 13.2. The molecule has 1 unspecified atom stereocenters. The summed E-state index contributed by atoms with van der Waals surface area (Å²) in [5, 5.41) is 7.84. The molecule has 8 nitrogen and oxygen atoms in total. The average molecular weight is 482 g/mol. The maximum Gasteiger partial charge on any atom is 0.272 e. The van der Waals surface area contributed by atoms with E-state index in [9.17, 15) is 4.79 Å². The number of nitrogens with zero attached hydrogens (tertiary/aromatic N) is 6. The summed E-state index contributed by atoms with van der Waals surface area (Å²) in [5.41, 5.74) is 4.41. The number of carbonyl (C=O) groups is 1. The predicted octanol–water partition coefficient (Wildman–Crippen LogP) is 3.58. The van der Waals surface area contributed by atoms with Gasteiger partial charge >= 0.3 is 0 Å². The highest BCUT2D eigenvalue weighted by Gasteiger charge is 2.22. The Morgan fingerprint density at radius 2 is 1.64 bits per heavy atom. The molecule has 0 saturated carbocycles. The summed E-state index contributed by atoms with van der Waals surface area (Å²) in [6.45, 7) is 8.41. The van der Waals surface area contributed by atoms with Gasteiger partial charge in [0.15, 0.2) is 5.69 Å². The molecule has 4 aromatic rings. The molecule has 36 heavy (non-hydrogen) atoms. The molecule has 1 atom stereocenters. The first-order valence-electron chi connectivity index (χ1n) is 12.3. The highest BCUT2D eigenvalue weighted by Crippen LogP contribution is 2.24. The lowest BCUT2D eigenvalue weighted by Crippen LogP contribution is -2.51. The van der Waals surface area contributed by atoms with Gasteiger partial charge in [-0.15, -0.1) is 0 Å². The fourth-order valence-corrected chi connectivity index (χ4v) is 4.51. The Kier molecular flexibility index (Phi) is 7.04. The van der Waals surface area contributed by atoms with Gasteiger partial charge in [0.25, 0.3) is 5.91 Å². The van der Waals surface area contributed by atoms with Crippen LogP contribution in [0.3, 0.4) is 0 Å².